The van der Waals surface area contributed by atoms with Crippen LogP contribution in [0.25, 0.3) is 0 Å². The molecule has 0 saturated carbocycles. The summed E-state index contributed by atoms with van der Waals surface area (Å²) < 4.78 is 7.40. The smallest absolute Gasteiger partial charge is 0.321 e. The summed E-state index contributed by atoms with van der Waals surface area (Å²) >= 11 is 0. The van der Waals surface area contributed by atoms with Gasteiger partial charge in [0.15, 0.2) is 6.61 Å². The Morgan fingerprint density at radius 2 is 2.19 bits per heavy atom. The number of hydrogen-bond donors (Lipinski definition) is 2. The van der Waals surface area contributed by atoms with Gasteiger partial charge in [-0.05, 0) is 38.5 Å². The van der Waals surface area contributed by atoms with E-state index in [2.05, 4.69) is 21.8 Å². The summed E-state index contributed by atoms with van der Waals surface area (Å²) in [5.41, 5.74) is 3.36. The largest absolute Gasteiger partial charge is 0.482 e. The van der Waals surface area contributed by atoms with Crippen molar-refractivity contribution in [2.75, 3.05) is 30.3 Å². The minimum atomic E-state index is -0.179. The lowest BCUT2D eigenvalue weighted by Gasteiger charge is -2.20. The van der Waals surface area contributed by atoms with Crippen LogP contribution in [0.2, 0.25) is 0 Å². The van der Waals surface area contributed by atoms with Crippen molar-refractivity contribution in [3.05, 3.63) is 35.7 Å². The molecule has 3 amide bonds. The monoisotopic (exact) mass is 355 g/mol. The van der Waals surface area contributed by atoms with Crippen LogP contribution in [-0.4, -0.2) is 46.3 Å². The number of aryl methyl sites for hydroxylation is 2. The molecule has 1 fully saturated rings. The van der Waals surface area contributed by atoms with Gasteiger partial charge in [0, 0.05) is 30.5 Å². The topological polar surface area (TPSA) is 88.5 Å². The molecule has 1 aromatic carbocycles. The number of rotatable bonds is 2. The van der Waals surface area contributed by atoms with Gasteiger partial charge in [-0.3, -0.25) is 9.48 Å². The average Bonchev–Trinajstić information content (AvgIpc) is 3.21. The van der Waals surface area contributed by atoms with E-state index in [9.17, 15) is 9.59 Å². The number of hydrogen-bond acceptors (Lipinski definition) is 4. The molecule has 0 spiro atoms. The maximum absolute atomic E-state index is 12.6. The van der Waals surface area contributed by atoms with Crippen LogP contribution in [0.3, 0.4) is 0 Å². The van der Waals surface area contributed by atoms with E-state index in [0.29, 0.717) is 30.2 Å². The van der Waals surface area contributed by atoms with Crippen LogP contribution in [0, 0.1) is 13.8 Å². The minimum Gasteiger partial charge on any atom is -0.482 e. The normalized spacial score (nSPS) is 18.9. The Balaban J connectivity index is 1.41. The fourth-order valence-corrected chi connectivity index (χ4v) is 3.50. The first-order chi connectivity index (χ1) is 12.5. The van der Waals surface area contributed by atoms with Gasteiger partial charge in [-0.2, -0.15) is 5.10 Å². The van der Waals surface area contributed by atoms with Crippen LogP contribution in [0.4, 0.5) is 16.2 Å². The van der Waals surface area contributed by atoms with E-state index in [4.69, 9.17) is 4.74 Å². The maximum Gasteiger partial charge on any atom is 0.321 e. The molecule has 1 saturated heterocycles. The van der Waals surface area contributed by atoms with Gasteiger partial charge in [0.25, 0.3) is 5.91 Å². The van der Waals surface area contributed by atoms with Gasteiger partial charge in [-0.25, -0.2) is 4.79 Å². The zero-order chi connectivity index (χ0) is 18.3. The first-order valence-electron chi connectivity index (χ1n) is 8.65. The van der Waals surface area contributed by atoms with Crippen molar-refractivity contribution in [1.29, 1.82) is 0 Å². The van der Waals surface area contributed by atoms with Crippen LogP contribution in [0.5, 0.6) is 5.75 Å². The van der Waals surface area contributed by atoms with Crippen molar-refractivity contribution in [2.24, 2.45) is 0 Å². The molecule has 2 aliphatic heterocycles. The highest BCUT2D eigenvalue weighted by Crippen LogP contribution is 2.31. The van der Waals surface area contributed by atoms with Gasteiger partial charge in [-0.1, -0.05) is 0 Å². The fraction of sp³-hybridized carbons (Fsp3) is 0.389. The molecule has 4 rings (SSSR count). The molecular formula is C18H21N5O3. The average molecular weight is 355 g/mol. The van der Waals surface area contributed by atoms with E-state index < -0.39 is 0 Å². The Morgan fingerprint density at radius 3 is 2.96 bits per heavy atom. The summed E-state index contributed by atoms with van der Waals surface area (Å²) in [6, 6.07) is 7.31. The number of carbonyl (C=O) groups is 2. The number of likely N-dealkylation sites (tertiary alicyclic amines) is 1. The van der Waals surface area contributed by atoms with E-state index >= 15 is 0 Å². The van der Waals surface area contributed by atoms with Gasteiger partial charge in [0.05, 0.1) is 17.4 Å². The Bertz CT molecular complexity index is 876. The molecule has 26 heavy (non-hydrogen) atoms. The number of carbonyl (C=O) groups excluding carboxylic acids is 2. The Kier molecular flexibility index (Phi) is 4.02. The van der Waals surface area contributed by atoms with Gasteiger partial charge in [0.1, 0.15) is 5.75 Å². The summed E-state index contributed by atoms with van der Waals surface area (Å²) in [4.78, 5) is 25.7. The summed E-state index contributed by atoms with van der Waals surface area (Å²) in [5, 5.41) is 10.2. The molecule has 0 unspecified atom stereocenters. The van der Waals surface area contributed by atoms with Crippen molar-refractivity contribution in [1.82, 2.24) is 14.7 Å². The molecule has 0 radical (unpaired) electrons. The Hall–Kier alpha value is -3.03. The van der Waals surface area contributed by atoms with E-state index in [1.54, 1.807) is 23.1 Å². The molecular weight excluding hydrogens is 334 g/mol. The maximum atomic E-state index is 12.6. The van der Waals surface area contributed by atoms with E-state index in [0.717, 1.165) is 17.8 Å². The zero-order valence-corrected chi connectivity index (χ0v) is 14.8. The highest BCUT2D eigenvalue weighted by Gasteiger charge is 2.29. The van der Waals surface area contributed by atoms with Gasteiger partial charge >= 0.3 is 6.03 Å². The van der Waals surface area contributed by atoms with Crippen LogP contribution < -0.4 is 15.4 Å². The highest BCUT2D eigenvalue weighted by atomic mass is 16.5. The van der Waals surface area contributed by atoms with Crippen molar-refractivity contribution < 1.29 is 14.3 Å². The lowest BCUT2D eigenvalue weighted by atomic mass is 10.2. The number of anilines is 2. The molecule has 0 bridgehead atoms. The summed E-state index contributed by atoms with van der Waals surface area (Å²) in [6.45, 7) is 5.32. The van der Waals surface area contributed by atoms with Crippen molar-refractivity contribution in [2.45, 2.75) is 26.3 Å². The van der Waals surface area contributed by atoms with Crippen LogP contribution >= 0.6 is 0 Å². The number of nitrogens with zero attached hydrogens (tertiary/aromatic N) is 3. The first kappa shape index (κ1) is 16.4. The third kappa shape index (κ3) is 3.10. The second kappa shape index (κ2) is 6.36. The fourth-order valence-electron chi connectivity index (χ4n) is 3.50. The van der Waals surface area contributed by atoms with E-state index in [1.807, 2.05) is 18.5 Å². The molecule has 1 atom stereocenters. The third-order valence-corrected chi connectivity index (χ3v) is 4.71. The third-order valence-electron chi connectivity index (χ3n) is 4.71. The quantitative estimate of drug-likeness (QED) is 0.865. The Labute approximate surface area is 151 Å². The second-order valence-electron chi connectivity index (χ2n) is 6.74. The SMILES string of the molecule is Cc1cc(C)n([C@@H]2CCN(C(=O)Nc3ccc4c(c3)OCC(=O)N4)C2)n1. The Morgan fingerprint density at radius 1 is 1.35 bits per heavy atom. The minimum absolute atomic E-state index is 0.0131. The second-order valence-corrected chi connectivity index (χ2v) is 6.74. The summed E-state index contributed by atoms with van der Waals surface area (Å²) in [6.07, 6.45) is 0.884. The predicted octanol–water partition coefficient (Wildman–Crippen LogP) is 2.31. The molecule has 8 heteroatoms. The molecule has 1 aromatic heterocycles. The van der Waals surface area contributed by atoms with Gasteiger partial charge in [-0.15, -0.1) is 0 Å². The number of amides is 3. The van der Waals surface area contributed by atoms with Crippen LogP contribution in [0.1, 0.15) is 23.9 Å². The van der Waals surface area contributed by atoms with Crippen molar-refractivity contribution >= 4 is 23.3 Å². The number of aromatic nitrogens is 2. The summed E-state index contributed by atoms with van der Waals surface area (Å²) in [5.74, 6) is 0.380. The molecule has 8 nitrogen and oxygen atoms in total. The lowest BCUT2D eigenvalue weighted by molar-refractivity contribution is -0.118. The standard InChI is InChI=1S/C18H21N5O3/c1-11-7-12(2)23(21-11)14-5-6-22(9-14)18(25)19-13-3-4-15-16(8-13)26-10-17(24)20-15/h3-4,7-8,14H,5-6,9-10H2,1-2H3,(H,19,25)(H,20,24)/t14-/m1/s1. The molecule has 0 aliphatic carbocycles. The number of fused-ring (bicyclic) bond motifs is 1. The lowest BCUT2D eigenvalue weighted by Crippen LogP contribution is -2.33. The first-order valence-corrected chi connectivity index (χ1v) is 8.65. The van der Waals surface area contributed by atoms with Crippen molar-refractivity contribution in [3.63, 3.8) is 0 Å². The highest BCUT2D eigenvalue weighted by molar-refractivity contribution is 5.96. The van der Waals surface area contributed by atoms with Gasteiger partial charge in [0.2, 0.25) is 0 Å². The zero-order valence-electron chi connectivity index (χ0n) is 14.8. The number of nitrogens with one attached hydrogen (secondary N) is 2. The number of urea groups is 1. The molecule has 2 aliphatic rings. The van der Waals surface area contributed by atoms with E-state index in [1.165, 1.54) is 0 Å². The van der Waals surface area contributed by atoms with E-state index in [-0.39, 0.29) is 24.6 Å². The number of benzene rings is 1. The van der Waals surface area contributed by atoms with Crippen LogP contribution in [-0.2, 0) is 4.79 Å². The molecule has 136 valence electrons. The predicted molar refractivity (Wildman–Crippen MR) is 96.5 cm³/mol. The van der Waals surface area contributed by atoms with Gasteiger partial charge < -0.3 is 20.3 Å². The van der Waals surface area contributed by atoms with Crippen molar-refractivity contribution in [3.8, 4) is 5.75 Å². The molecule has 3 heterocycles. The summed E-state index contributed by atoms with van der Waals surface area (Å²) in [7, 11) is 0. The van der Waals surface area contributed by atoms with Crippen LogP contribution in [0.15, 0.2) is 24.3 Å². The molecule has 2 aromatic rings. The molecule has 2 N–H and O–H groups in total. The number of ether oxygens (including phenoxy) is 1.